The number of carbonyl (C=O) groups is 2. The number of carbonyl (C=O) groups excluding carboxylic acids is 2. The highest BCUT2D eigenvalue weighted by molar-refractivity contribution is 6.14. The van der Waals surface area contributed by atoms with E-state index >= 15 is 0 Å². The van der Waals surface area contributed by atoms with Crippen molar-refractivity contribution in [3.63, 3.8) is 0 Å². The molecule has 1 heterocycles. The van der Waals surface area contributed by atoms with Gasteiger partial charge in [-0.3, -0.25) is 4.57 Å². The third-order valence-corrected chi connectivity index (χ3v) is 2.11. The maximum atomic E-state index is 11.8. The summed E-state index contributed by atoms with van der Waals surface area (Å²) in [7, 11) is 0. The molecule has 0 saturated carbocycles. The van der Waals surface area contributed by atoms with Crippen molar-refractivity contribution < 1.29 is 19.1 Å². The molecule has 0 aliphatic heterocycles. The SMILES string of the molecule is CCOC(=O)/C=C(\C(=O)OCC)n1ccc(N)nc1=O. The lowest BCUT2D eigenvalue weighted by molar-refractivity contribution is -0.139. The van der Waals surface area contributed by atoms with Crippen LogP contribution in [0.5, 0.6) is 0 Å². The predicted octanol–water partition coefficient (Wildman–Crippen LogP) is -0.207. The fourth-order valence-electron chi connectivity index (χ4n) is 1.33. The minimum Gasteiger partial charge on any atom is -0.463 e. The van der Waals surface area contributed by atoms with Crippen molar-refractivity contribution in [1.29, 1.82) is 0 Å². The van der Waals surface area contributed by atoms with Crippen molar-refractivity contribution in [1.82, 2.24) is 9.55 Å². The van der Waals surface area contributed by atoms with Crippen LogP contribution in [0.1, 0.15) is 13.8 Å². The smallest absolute Gasteiger partial charge is 0.355 e. The molecular formula is C12H15N3O5. The van der Waals surface area contributed by atoms with Gasteiger partial charge in [-0.1, -0.05) is 0 Å². The Morgan fingerprint density at radius 2 is 2.00 bits per heavy atom. The van der Waals surface area contributed by atoms with E-state index in [0.29, 0.717) is 0 Å². The molecule has 0 aromatic carbocycles. The number of ether oxygens (including phenoxy) is 2. The number of hydrogen-bond donors (Lipinski definition) is 1. The molecule has 8 nitrogen and oxygen atoms in total. The molecule has 0 spiro atoms. The molecule has 2 N–H and O–H groups in total. The maximum Gasteiger partial charge on any atom is 0.355 e. The standard InChI is InChI=1S/C12H15N3O5/c1-3-19-10(16)7-8(11(17)20-4-2)15-6-5-9(13)14-12(15)18/h5-7H,3-4H2,1-2H3,(H2,13,14,18)/b8-7+. The van der Waals surface area contributed by atoms with Crippen molar-refractivity contribution >= 4 is 23.5 Å². The van der Waals surface area contributed by atoms with E-state index in [2.05, 4.69) is 4.98 Å². The molecule has 8 heteroatoms. The quantitative estimate of drug-likeness (QED) is 0.586. The molecule has 0 aliphatic carbocycles. The number of anilines is 1. The molecule has 0 bridgehead atoms. The minimum atomic E-state index is -0.839. The van der Waals surface area contributed by atoms with E-state index in [4.69, 9.17) is 15.2 Å². The first-order valence-corrected chi connectivity index (χ1v) is 5.90. The molecule has 1 aromatic rings. The van der Waals surface area contributed by atoms with Crippen LogP contribution in [0.4, 0.5) is 5.82 Å². The average molecular weight is 281 g/mol. The van der Waals surface area contributed by atoms with Crippen molar-refractivity contribution in [3.8, 4) is 0 Å². The lowest BCUT2D eigenvalue weighted by atomic mass is 10.3. The number of aromatic nitrogens is 2. The highest BCUT2D eigenvalue weighted by Gasteiger charge is 2.17. The third-order valence-electron chi connectivity index (χ3n) is 2.11. The van der Waals surface area contributed by atoms with Crippen LogP contribution >= 0.6 is 0 Å². The molecule has 1 aromatic heterocycles. The first-order chi connectivity index (χ1) is 9.49. The highest BCUT2D eigenvalue weighted by atomic mass is 16.5. The number of nitrogen functional groups attached to an aromatic ring is 1. The Kier molecular flexibility index (Phi) is 5.45. The Hall–Kier alpha value is -2.64. The number of hydrogen-bond acceptors (Lipinski definition) is 7. The summed E-state index contributed by atoms with van der Waals surface area (Å²) < 4.78 is 10.4. The Bertz CT molecular complexity index is 591. The number of esters is 2. The van der Waals surface area contributed by atoms with Crippen LogP contribution in [0.15, 0.2) is 23.1 Å². The third kappa shape index (κ3) is 3.94. The molecule has 0 aliphatic rings. The summed E-state index contributed by atoms with van der Waals surface area (Å²) in [6.45, 7) is 3.45. The van der Waals surface area contributed by atoms with Crippen LogP contribution in [-0.4, -0.2) is 34.7 Å². The molecule has 0 unspecified atom stereocenters. The van der Waals surface area contributed by atoms with Gasteiger partial charge < -0.3 is 15.2 Å². The van der Waals surface area contributed by atoms with E-state index in [1.807, 2.05) is 0 Å². The average Bonchev–Trinajstić information content (AvgIpc) is 2.37. The second-order valence-corrected chi connectivity index (χ2v) is 3.51. The molecular weight excluding hydrogens is 266 g/mol. The minimum absolute atomic E-state index is 0.00518. The molecule has 0 atom stereocenters. The molecule has 0 saturated heterocycles. The van der Waals surface area contributed by atoms with Crippen molar-refractivity contribution in [2.45, 2.75) is 13.8 Å². The summed E-state index contributed by atoms with van der Waals surface area (Å²) in [5.41, 5.74) is 4.27. The van der Waals surface area contributed by atoms with Gasteiger partial charge in [-0.15, -0.1) is 0 Å². The normalized spacial score (nSPS) is 11.0. The second-order valence-electron chi connectivity index (χ2n) is 3.51. The van der Waals surface area contributed by atoms with Gasteiger partial charge in [0.25, 0.3) is 0 Å². The Morgan fingerprint density at radius 1 is 1.35 bits per heavy atom. The predicted molar refractivity (Wildman–Crippen MR) is 70.4 cm³/mol. The summed E-state index contributed by atoms with van der Waals surface area (Å²) >= 11 is 0. The summed E-state index contributed by atoms with van der Waals surface area (Å²) in [6.07, 6.45) is 2.10. The van der Waals surface area contributed by atoms with Crippen LogP contribution in [0, 0.1) is 0 Å². The number of rotatable bonds is 5. The molecule has 0 amide bonds. The molecule has 0 radical (unpaired) electrons. The van der Waals surface area contributed by atoms with E-state index in [0.717, 1.165) is 10.6 Å². The molecule has 108 valence electrons. The lowest BCUT2D eigenvalue weighted by Crippen LogP contribution is -2.27. The van der Waals surface area contributed by atoms with Crippen LogP contribution in [0.2, 0.25) is 0 Å². The van der Waals surface area contributed by atoms with Gasteiger partial charge in [0, 0.05) is 6.20 Å². The van der Waals surface area contributed by atoms with Gasteiger partial charge in [0.05, 0.1) is 19.3 Å². The molecule has 1 rings (SSSR count). The summed E-state index contributed by atoms with van der Waals surface area (Å²) in [5, 5.41) is 0. The Labute approximate surface area is 114 Å². The molecule has 0 fully saturated rings. The monoisotopic (exact) mass is 281 g/mol. The molecule has 20 heavy (non-hydrogen) atoms. The first-order valence-electron chi connectivity index (χ1n) is 5.90. The van der Waals surface area contributed by atoms with E-state index in [1.54, 1.807) is 13.8 Å². The van der Waals surface area contributed by atoms with Crippen LogP contribution < -0.4 is 11.4 Å². The van der Waals surface area contributed by atoms with Gasteiger partial charge in [0.15, 0.2) is 0 Å². The van der Waals surface area contributed by atoms with E-state index in [9.17, 15) is 14.4 Å². The largest absolute Gasteiger partial charge is 0.463 e. The van der Waals surface area contributed by atoms with Crippen molar-refractivity contribution in [2.75, 3.05) is 18.9 Å². The zero-order valence-electron chi connectivity index (χ0n) is 11.2. The number of nitrogens with zero attached hydrogens (tertiary/aromatic N) is 2. The van der Waals surface area contributed by atoms with Crippen molar-refractivity contribution in [3.05, 3.63) is 28.8 Å². The van der Waals surface area contributed by atoms with E-state index < -0.39 is 17.6 Å². The second kappa shape index (κ2) is 7.07. The summed E-state index contributed by atoms with van der Waals surface area (Å²) in [6, 6.07) is 1.32. The van der Waals surface area contributed by atoms with Crippen LogP contribution in [0.25, 0.3) is 5.70 Å². The Morgan fingerprint density at radius 3 is 2.55 bits per heavy atom. The van der Waals surface area contributed by atoms with Gasteiger partial charge in [-0.25, -0.2) is 14.4 Å². The van der Waals surface area contributed by atoms with Gasteiger partial charge in [-0.05, 0) is 19.9 Å². The zero-order valence-corrected chi connectivity index (χ0v) is 11.2. The van der Waals surface area contributed by atoms with Crippen molar-refractivity contribution in [2.24, 2.45) is 0 Å². The van der Waals surface area contributed by atoms with Gasteiger partial charge in [0.2, 0.25) is 0 Å². The topological polar surface area (TPSA) is 114 Å². The van der Waals surface area contributed by atoms with Gasteiger partial charge in [0.1, 0.15) is 11.5 Å². The van der Waals surface area contributed by atoms with E-state index in [-0.39, 0.29) is 24.7 Å². The van der Waals surface area contributed by atoms with Crippen LogP contribution in [0.3, 0.4) is 0 Å². The summed E-state index contributed by atoms with van der Waals surface area (Å²) in [4.78, 5) is 38.4. The maximum absolute atomic E-state index is 11.8. The highest BCUT2D eigenvalue weighted by Crippen LogP contribution is 2.06. The number of nitrogens with two attached hydrogens (primary N) is 1. The van der Waals surface area contributed by atoms with Gasteiger partial charge in [-0.2, -0.15) is 4.98 Å². The van der Waals surface area contributed by atoms with Gasteiger partial charge >= 0.3 is 17.6 Å². The van der Waals surface area contributed by atoms with E-state index in [1.165, 1.54) is 12.3 Å². The fraction of sp³-hybridized carbons (Fsp3) is 0.333. The fourth-order valence-corrected chi connectivity index (χ4v) is 1.33. The lowest BCUT2D eigenvalue weighted by Gasteiger charge is -2.09. The zero-order chi connectivity index (χ0) is 15.1. The summed E-state index contributed by atoms with van der Waals surface area (Å²) in [5.74, 6) is -1.60. The Balaban J connectivity index is 3.26. The first kappa shape index (κ1) is 15.4. The van der Waals surface area contributed by atoms with Crippen LogP contribution in [-0.2, 0) is 19.1 Å².